The molecular formula is C21H26N2O4S. The molecule has 1 saturated heterocycles. The van der Waals surface area contributed by atoms with Crippen LogP contribution >= 0.6 is 11.8 Å². The second kappa shape index (κ2) is 7.62. The molecule has 2 heterocycles. The van der Waals surface area contributed by atoms with Crippen LogP contribution in [-0.2, 0) is 14.3 Å². The average molecular weight is 403 g/mol. The Bertz CT molecular complexity index is 862. The number of ether oxygens (including phenoxy) is 1. The zero-order chi connectivity index (χ0) is 20.6. The van der Waals surface area contributed by atoms with Gasteiger partial charge in [-0.1, -0.05) is 13.0 Å². The van der Waals surface area contributed by atoms with Crippen LogP contribution in [0.25, 0.3) is 6.08 Å². The van der Waals surface area contributed by atoms with Gasteiger partial charge in [-0.25, -0.2) is 0 Å². The first-order valence-electron chi connectivity index (χ1n) is 9.43. The molecule has 0 spiro atoms. The first-order chi connectivity index (χ1) is 13.1. The van der Waals surface area contributed by atoms with Crippen molar-refractivity contribution in [2.24, 2.45) is 0 Å². The standard InChI is InChI=1S/C21H26N2O4S/c1-6-27-18(24)12-23-19(25)17(28-20(23)26)10-14-7-8-16-15(9-14)13(2)11-21(3,4)22(16)5/h7-10,13H,6,11-12H2,1-5H3/b17-10+/t13-/m0/s1. The van der Waals surface area contributed by atoms with Crippen molar-refractivity contribution >= 4 is 40.6 Å². The molecule has 0 radical (unpaired) electrons. The minimum Gasteiger partial charge on any atom is -0.465 e. The molecule has 1 fully saturated rings. The number of amides is 2. The predicted molar refractivity (Wildman–Crippen MR) is 111 cm³/mol. The summed E-state index contributed by atoms with van der Waals surface area (Å²) in [6.45, 7) is 8.23. The Morgan fingerprint density at radius 2 is 2.07 bits per heavy atom. The van der Waals surface area contributed by atoms with Crippen LogP contribution in [-0.4, -0.2) is 47.8 Å². The molecule has 0 saturated carbocycles. The summed E-state index contributed by atoms with van der Waals surface area (Å²) in [7, 11) is 2.10. The van der Waals surface area contributed by atoms with Gasteiger partial charge in [-0.15, -0.1) is 0 Å². The van der Waals surface area contributed by atoms with E-state index in [1.165, 1.54) is 11.3 Å². The largest absolute Gasteiger partial charge is 0.465 e. The Labute approximate surface area is 169 Å². The molecule has 0 unspecified atom stereocenters. The van der Waals surface area contributed by atoms with Crippen molar-refractivity contribution < 1.29 is 19.1 Å². The van der Waals surface area contributed by atoms with E-state index in [2.05, 4.69) is 44.9 Å². The third-order valence-corrected chi connectivity index (χ3v) is 6.33. The van der Waals surface area contributed by atoms with Crippen molar-refractivity contribution in [3.05, 3.63) is 34.2 Å². The summed E-state index contributed by atoms with van der Waals surface area (Å²) in [6.07, 6.45) is 2.76. The lowest BCUT2D eigenvalue weighted by atomic mass is 9.80. The molecule has 2 aliphatic rings. The lowest BCUT2D eigenvalue weighted by Gasteiger charge is -2.45. The van der Waals surface area contributed by atoms with Crippen molar-refractivity contribution in [1.29, 1.82) is 0 Å². The van der Waals surface area contributed by atoms with Crippen molar-refractivity contribution in [3.63, 3.8) is 0 Å². The van der Waals surface area contributed by atoms with Crippen molar-refractivity contribution in [2.75, 3.05) is 25.1 Å². The van der Waals surface area contributed by atoms with Gasteiger partial charge in [0.05, 0.1) is 11.5 Å². The predicted octanol–water partition coefficient (Wildman–Crippen LogP) is 4.01. The molecule has 0 bridgehead atoms. The molecule has 1 aromatic carbocycles. The fourth-order valence-corrected chi connectivity index (χ4v) is 4.65. The number of hydrogen-bond acceptors (Lipinski definition) is 6. The topological polar surface area (TPSA) is 66.9 Å². The van der Waals surface area contributed by atoms with Gasteiger partial charge >= 0.3 is 5.97 Å². The van der Waals surface area contributed by atoms with E-state index in [9.17, 15) is 14.4 Å². The summed E-state index contributed by atoms with van der Waals surface area (Å²) in [4.78, 5) is 39.9. The first kappa shape index (κ1) is 20.5. The maximum absolute atomic E-state index is 12.6. The lowest BCUT2D eigenvalue weighted by molar-refractivity contribution is -0.145. The van der Waals surface area contributed by atoms with E-state index in [4.69, 9.17) is 4.74 Å². The van der Waals surface area contributed by atoms with Crippen LogP contribution in [0.1, 0.15) is 51.2 Å². The molecule has 2 amide bonds. The van der Waals surface area contributed by atoms with Crippen LogP contribution in [0.4, 0.5) is 10.5 Å². The molecule has 0 aromatic heterocycles. The maximum atomic E-state index is 12.6. The van der Waals surface area contributed by atoms with Gasteiger partial charge in [0.1, 0.15) is 6.54 Å². The Morgan fingerprint density at radius 1 is 1.36 bits per heavy atom. The second-order valence-corrected chi connectivity index (χ2v) is 8.86. The molecule has 3 rings (SSSR count). The molecule has 150 valence electrons. The molecule has 1 atom stereocenters. The number of esters is 1. The van der Waals surface area contributed by atoms with Crippen molar-refractivity contribution in [3.8, 4) is 0 Å². The number of benzene rings is 1. The summed E-state index contributed by atoms with van der Waals surface area (Å²) in [5.74, 6) is -0.639. The van der Waals surface area contributed by atoms with Crippen LogP contribution < -0.4 is 4.90 Å². The van der Waals surface area contributed by atoms with E-state index in [1.807, 2.05) is 6.07 Å². The quantitative estimate of drug-likeness (QED) is 0.560. The van der Waals surface area contributed by atoms with Gasteiger partial charge in [0.15, 0.2) is 0 Å². The number of imide groups is 1. The Kier molecular flexibility index (Phi) is 5.57. The SMILES string of the molecule is CCOC(=O)CN1C(=O)S/C(=C/c2ccc3c(c2)[C@@H](C)CC(C)(C)N3C)C1=O. The van der Waals surface area contributed by atoms with Gasteiger partial charge < -0.3 is 9.64 Å². The van der Waals surface area contributed by atoms with Crippen LogP contribution in [0, 0.1) is 0 Å². The number of thioether (sulfide) groups is 1. The van der Waals surface area contributed by atoms with E-state index < -0.39 is 17.1 Å². The number of rotatable bonds is 4. The van der Waals surface area contributed by atoms with Gasteiger partial charge in [-0.05, 0) is 74.2 Å². The second-order valence-electron chi connectivity index (χ2n) is 7.87. The van der Waals surface area contributed by atoms with E-state index >= 15 is 0 Å². The van der Waals surface area contributed by atoms with E-state index in [1.54, 1.807) is 13.0 Å². The minimum atomic E-state index is -0.584. The fraction of sp³-hybridized carbons (Fsp3) is 0.476. The Morgan fingerprint density at radius 3 is 2.75 bits per heavy atom. The number of carbonyl (C=O) groups excluding carboxylic acids is 3. The Balaban J connectivity index is 1.85. The van der Waals surface area contributed by atoms with Gasteiger partial charge in [0.25, 0.3) is 11.1 Å². The lowest BCUT2D eigenvalue weighted by Crippen LogP contribution is -2.45. The number of anilines is 1. The highest BCUT2D eigenvalue weighted by Crippen LogP contribution is 2.43. The molecule has 2 aliphatic heterocycles. The van der Waals surface area contributed by atoms with Gasteiger partial charge in [-0.3, -0.25) is 19.3 Å². The Hall–Kier alpha value is -2.28. The van der Waals surface area contributed by atoms with Crippen LogP contribution in [0.3, 0.4) is 0 Å². The average Bonchev–Trinajstić information content (AvgIpc) is 2.87. The maximum Gasteiger partial charge on any atom is 0.326 e. The summed E-state index contributed by atoms with van der Waals surface area (Å²) in [6, 6.07) is 6.12. The third kappa shape index (κ3) is 3.81. The number of carbonyl (C=O) groups is 3. The van der Waals surface area contributed by atoms with Crippen LogP contribution in [0.15, 0.2) is 23.1 Å². The normalized spacial score (nSPS) is 22.6. The third-order valence-electron chi connectivity index (χ3n) is 5.42. The highest BCUT2D eigenvalue weighted by Gasteiger charge is 2.37. The summed E-state index contributed by atoms with van der Waals surface area (Å²) < 4.78 is 4.84. The van der Waals surface area contributed by atoms with Gasteiger partial charge in [-0.2, -0.15) is 0 Å². The smallest absolute Gasteiger partial charge is 0.326 e. The van der Waals surface area contributed by atoms with Crippen molar-refractivity contribution in [1.82, 2.24) is 4.90 Å². The minimum absolute atomic E-state index is 0.0870. The van der Waals surface area contributed by atoms with E-state index in [0.717, 1.165) is 28.6 Å². The molecule has 0 aliphatic carbocycles. The van der Waals surface area contributed by atoms with E-state index in [-0.39, 0.29) is 18.7 Å². The van der Waals surface area contributed by atoms with Gasteiger partial charge in [0.2, 0.25) is 0 Å². The zero-order valence-corrected chi connectivity index (χ0v) is 17.8. The monoisotopic (exact) mass is 402 g/mol. The summed E-state index contributed by atoms with van der Waals surface area (Å²) in [5.41, 5.74) is 3.39. The number of hydrogen-bond donors (Lipinski definition) is 0. The molecule has 28 heavy (non-hydrogen) atoms. The van der Waals surface area contributed by atoms with Crippen LogP contribution in [0.2, 0.25) is 0 Å². The molecule has 7 heteroatoms. The molecule has 1 aromatic rings. The first-order valence-corrected chi connectivity index (χ1v) is 10.2. The fourth-order valence-electron chi connectivity index (χ4n) is 3.81. The molecule has 0 N–H and O–H groups in total. The number of fused-ring (bicyclic) bond motifs is 1. The summed E-state index contributed by atoms with van der Waals surface area (Å²) >= 11 is 0.856. The number of nitrogens with zero attached hydrogens (tertiary/aromatic N) is 2. The van der Waals surface area contributed by atoms with Crippen LogP contribution in [0.5, 0.6) is 0 Å². The highest BCUT2D eigenvalue weighted by molar-refractivity contribution is 8.18. The van der Waals surface area contributed by atoms with Crippen molar-refractivity contribution in [2.45, 2.75) is 45.6 Å². The van der Waals surface area contributed by atoms with Gasteiger partial charge in [0, 0.05) is 18.3 Å². The van der Waals surface area contributed by atoms with E-state index in [0.29, 0.717) is 10.8 Å². The zero-order valence-electron chi connectivity index (χ0n) is 16.9. The molecule has 6 nitrogen and oxygen atoms in total. The summed E-state index contributed by atoms with van der Waals surface area (Å²) in [5, 5.41) is -0.447. The molecular weight excluding hydrogens is 376 g/mol. The highest BCUT2D eigenvalue weighted by atomic mass is 32.2.